The number of rotatable bonds is 2. The molecule has 0 saturated carbocycles. The molecule has 0 aliphatic carbocycles. The lowest BCUT2D eigenvalue weighted by Crippen LogP contribution is -1.89. The summed E-state index contributed by atoms with van der Waals surface area (Å²) in [6.07, 6.45) is 3.41. The summed E-state index contributed by atoms with van der Waals surface area (Å²) in [5.41, 5.74) is 6.26. The van der Waals surface area contributed by atoms with Gasteiger partial charge in [0.05, 0.1) is 11.9 Å². The van der Waals surface area contributed by atoms with Crippen molar-refractivity contribution in [3.63, 3.8) is 0 Å². The number of hydrogen-bond donors (Lipinski definition) is 1. The van der Waals surface area contributed by atoms with Gasteiger partial charge in [0.1, 0.15) is 5.75 Å². The second-order valence-electron chi connectivity index (χ2n) is 2.13. The SMILES string of the molecule is CC=COc1ccccc1N. The van der Waals surface area contributed by atoms with Gasteiger partial charge in [0.15, 0.2) is 0 Å². The van der Waals surface area contributed by atoms with Crippen molar-refractivity contribution in [2.24, 2.45) is 0 Å². The van der Waals surface area contributed by atoms with E-state index in [-0.39, 0.29) is 0 Å². The molecule has 1 rings (SSSR count). The van der Waals surface area contributed by atoms with E-state index in [0.717, 1.165) is 0 Å². The Morgan fingerprint density at radius 1 is 1.36 bits per heavy atom. The van der Waals surface area contributed by atoms with Crippen molar-refractivity contribution in [2.75, 3.05) is 5.73 Å². The molecule has 0 aliphatic rings. The molecule has 0 aromatic heterocycles. The largest absolute Gasteiger partial charge is 0.463 e. The maximum atomic E-state index is 5.60. The van der Waals surface area contributed by atoms with Gasteiger partial charge < -0.3 is 10.5 Å². The summed E-state index contributed by atoms with van der Waals surface area (Å²) >= 11 is 0. The van der Waals surface area contributed by atoms with Gasteiger partial charge in [0.2, 0.25) is 0 Å². The first-order valence-corrected chi connectivity index (χ1v) is 3.47. The number of allylic oxidation sites excluding steroid dienone is 1. The Bertz CT molecular complexity index is 255. The number of anilines is 1. The summed E-state index contributed by atoms with van der Waals surface area (Å²) in [4.78, 5) is 0. The maximum absolute atomic E-state index is 5.60. The van der Waals surface area contributed by atoms with Crippen LogP contribution in [0.5, 0.6) is 5.75 Å². The van der Waals surface area contributed by atoms with Crippen molar-refractivity contribution >= 4 is 5.69 Å². The molecule has 2 nitrogen and oxygen atoms in total. The molecule has 0 atom stereocenters. The number of nitrogen functional groups attached to an aromatic ring is 1. The van der Waals surface area contributed by atoms with Crippen LogP contribution in [0, 0.1) is 0 Å². The Balaban J connectivity index is 2.77. The molecular formula is C9H11NO. The molecule has 11 heavy (non-hydrogen) atoms. The molecule has 2 N–H and O–H groups in total. The smallest absolute Gasteiger partial charge is 0.149 e. The van der Waals surface area contributed by atoms with E-state index in [4.69, 9.17) is 10.5 Å². The predicted octanol–water partition coefficient (Wildman–Crippen LogP) is 2.18. The summed E-state index contributed by atoms with van der Waals surface area (Å²) in [6.45, 7) is 1.89. The highest BCUT2D eigenvalue weighted by Gasteiger charge is 1.93. The van der Waals surface area contributed by atoms with Crippen LogP contribution in [0.4, 0.5) is 5.69 Å². The molecule has 0 radical (unpaired) electrons. The van der Waals surface area contributed by atoms with Crippen LogP contribution in [0.25, 0.3) is 0 Å². The normalized spacial score (nSPS) is 10.3. The van der Waals surface area contributed by atoms with Gasteiger partial charge in [-0.3, -0.25) is 0 Å². The average Bonchev–Trinajstić information content (AvgIpc) is 2.03. The molecule has 1 aromatic rings. The Labute approximate surface area is 66.3 Å². The van der Waals surface area contributed by atoms with Crippen LogP contribution in [-0.2, 0) is 0 Å². The van der Waals surface area contributed by atoms with Crippen LogP contribution in [-0.4, -0.2) is 0 Å². The summed E-state index contributed by atoms with van der Waals surface area (Å²) < 4.78 is 5.18. The fourth-order valence-corrected chi connectivity index (χ4v) is 0.729. The van der Waals surface area contributed by atoms with E-state index in [1.54, 1.807) is 12.3 Å². The van der Waals surface area contributed by atoms with Gasteiger partial charge in [-0.1, -0.05) is 18.2 Å². The maximum Gasteiger partial charge on any atom is 0.149 e. The second kappa shape index (κ2) is 3.66. The Morgan fingerprint density at radius 3 is 2.73 bits per heavy atom. The third-order valence-electron chi connectivity index (χ3n) is 1.25. The molecule has 0 bridgehead atoms. The molecule has 1 aromatic carbocycles. The van der Waals surface area contributed by atoms with E-state index >= 15 is 0 Å². The lowest BCUT2D eigenvalue weighted by atomic mass is 10.3. The predicted molar refractivity (Wildman–Crippen MR) is 46.3 cm³/mol. The van der Waals surface area contributed by atoms with Gasteiger partial charge in [-0.25, -0.2) is 0 Å². The zero-order chi connectivity index (χ0) is 8.10. The van der Waals surface area contributed by atoms with Crippen molar-refractivity contribution < 1.29 is 4.74 Å². The zero-order valence-electron chi connectivity index (χ0n) is 6.45. The van der Waals surface area contributed by atoms with E-state index in [2.05, 4.69) is 0 Å². The first kappa shape index (κ1) is 7.66. The molecule has 0 saturated heterocycles. The van der Waals surface area contributed by atoms with Crippen LogP contribution < -0.4 is 10.5 Å². The molecule has 0 unspecified atom stereocenters. The molecule has 0 spiro atoms. The molecule has 58 valence electrons. The van der Waals surface area contributed by atoms with Crippen LogP contribution in [0.15, 0.2) is 36.6 Å². The standard InChI is InChI=1S/C9H11NO/c1-2-7-11-9-6-4-3-5-8(9)10/h2-7H,10H2,1H3. The zero-order valence-corrected chi connectivity index (χ0v) is 6.45. The van der Waals surface area contributed by atoms with Crippen molar-refractivity contribution in [3.8, 4) is 5.75 Å². The lowest BCUT2D eigenvalue weighted by Gasteiger charge is -2.01. The molecule has 0 aliphatic heterocycles. The summed E-state index contributed by atoms with van der Waals surface area (Å²) in [5.74, 6) is 0.700. The summed E-state index contributed by atoms with van der Waals surface area (Å²) in [7, 11) is 0. The van der Waals surface area contributed by atoms with Crippen LogP contribution in [0.2, 0.25) is 0 Å². The van der Waals surface area contributed by atoms with Gasteiger partial charge in [-0.15, -0.1) is 0 Å². The van der Waals surface area contributed by atoms with Gasteiger partial charge in [-0.05, 0) is 19.1 Å². The molecule has 2 heteroatoms. The molecule has 0 amide bonds. The Kier molecular flexibility index (Phi) is 2.55. The average molecular weight is 149 g/mol. The number of hydrogen-bond acceptors (Lipinski definition) is 2. The number of benzene rings is 1. The molecule has 0 heterocycles. The minimum atomic E-state index is 0.658. The highest BCUT2D eigenvalue weighted by molar-refractivity contribution is 5.52. The van der Waals surface area contributed by atoms with Crippen molar-refractivity contribution in [2.45, 2.75) is 6.92 Å². The van der Waals surface area contributed by atoms with Crippen LogP contribution in [0.1, 0.15) is 6.92 Å². The minimum Gasteiger partial charge on any atom is -0.463 e. The van der Waals surface area contributed by atoms with E-state index in [0.29, 0.717) is 11.4 Å². The lowest BCUT2D eigenvalue weighted by molar-refractivity contribution is 0.483. The number of nitrogens with two attached hydrogens (primary N) is 1. The quantitative estimate of drug-likeness (QED) is 0.516. The Hall–Kier alpha value is -1.44. The first-order valence-electron chi connectivity index (χ1n) is 3.47. The second-order valence-corrected chi connectivity index (χ2v) is 2.13. The van der Waals surface area contributed by atoms with Gasteiger partial charge in [0.25, 0.3) is 0 Å². The monoisotopic (exact) mass is 149 g/mol. The van der Waals surface area contributed by atoms with Crippen LogP contribution >= 0.6 is 0 Å². The van der Waals surface area contributed by atoms with Crippen molar-refractivity contribution in [1.82, 2.24) is 0 Å². The van der Waals surface area contributed by atoms with Gasteiger partial charge >= 0.3 is 0 Å². The van der Waals surface area contributed by atoms with Crippen molar-refractivity contribution in [1.29, 1.82) is 0 Å². The third kappa shape index (κ3) is 2.00. The summed E-state index contributed by atoms with van der Waals surface area (Å²) in [6, 6.07) is 7.39. The number of ether oxygens (including phenoxy) is 1. The summed E-state index contributed by atoms with van der Waals surface area (Å²) in [5, 5.41) is 0. The van der Waals surface area contributed by atoms with Crippen LogP contribution in [0.3, 0.4) is 0 Å². The minimum absolute atomic E-state index is 0.658. The highest BCUT2D eigenvalue weighted by atomic mass is 16.5. The van der Waals surface area contributed by atoms with Crippen molar-refractivity contribution in [3.05, 3.63) is 36.6 Å². The fraction of sp³-hybridized carbons (Fsp3) is 0.111. The van der Waals surface area contributed by atoms with E-state index in [9.17, 15) is 0 Å². The van der Waals surface area contributed by atoms with E-state index in [1.807, 2.05) is 31.2 Å². The third-order valence-corrected chi connectivity index (χ3v) is 1.25. The van der Waals surface area contributed by atoms with Gasteiger partial charge in [-0.2, -0.15) is 0 Å². The highest BCUT2D eigenvalue weighted by Crippen LogP contribution is 2.19. The molecular weight excluding hydrogens is 138 g/mol. The fourth-order valence-electron chi connectivity index (χ4n) is 0.729. The first-order chi connectivity index (χ1) is 5.34. The Morgan fingerprint density at radius 2 is 2.09 bits per heavy atom. The van der Waals surface area contributed by atoms with E-state index < -0.39 is 0 Å². The molecule has 0 fully saturated rings. The van der Waals surface area contributed by atoms with E-state index in [1.165, 1.54) is 0 Å². The number of para-hydroxylation sites is 2. The van der Waals surface area contributed by atoms with Gasteiger partial charge in [0, 0.05) is 0 Å². The topological polar surface area (TPSA) is 35.2 Å².